The third-order valence-corrected chi connectivity index (χ3v) is 2.37. The van der Waals surface area contributed by atoms with Crippen molar-refractivity contribution >= 4 is 5.71 Å². The van der Waals surface area contributed by atoms with Crippen LogP contribution >= 0.6 is 0 Å². The summed E-state index contributed by atoms with van der Waals surface area (Å²) < 4.78 is 0. The first-order chi connectivity index (χ1) is 8.36. The van der Waals surface area contributed by atoms with Crippen molar-refractivity contribution in [3.63, 3.8) is 0 Å². The molecule has 0 aliphatic heterocycles. The molecule has 1 heterocycles. The second kappa shape index (κ2) is 5.80. The third kappa shape index (κ3) is 3.41. The van der Waals surface area contributed by atoms with Crippen LogP contribution in [0.1, 0.15) is 18.1 Å². The number of benzene rings is 1. The third-order valence-electron chi connectivity index (χ3n) is 2.37. The average Bonchev–Trinajstić information content (AvgIpc) is 2.41. The lowest BCUT2D eigenvalue weighted by atomic mass is 10.2. The van der Waals surface area contributed by atoms with Crippen LogP contribution in [0, 0.1) is 0 Å². The molecule has 0 saturated carbocycles. The molecule has 86 valence electrons. The van der Waals surface area contributed by atoms with Crippen molar-refractivity contribution in [2.45, 2.75) is 13.5 Å². The molecule has 0 atom stereocenters. The highest BCUT2D eigenvalue weighted by molar-refractivity contribution is 5.98. The van der Waals surface area contributed by atoms with Crippen molar-refractivity contribution in [3.05, 3.63) is 66.0 Å². The first-order valence-corrected chi connectivity index (χ1v) is 5.47. The summed E-state index contributed by atoms with van der Waals surface area (Å²) in [4.78, 5) is 9.26. The molecule has 0 saturated heterocycles. The Morgan fingerprint density at radius 2 is 1.82 bits per heavy atom. The number of pyridine rings is 1. The van der Waals surface area contributed by atoms with Gasteiger partial charge in [-0.25, -0.2) is 0 Å². The molecule has 1 aromatic carbocycles. The van der Waals surface area contributed by atoms with E-state index in [9.17, 15) is 0 Å². The summed E-state index contributed by atoms with van der Waals surface area (Å²) in [6.45, 7) is 2.41. The SMILES string of the molecule is CC(=NOCc1ccccc1)c1ccncc1. The molecule has 1 aromatic heterocycles. The summed E-state index contributed by atoms with van der Waals surface area (Å²) in [5.74, 6) is 0. The second-order valence-corrected chi connectivity index (χ2v) is 3.67. The predicted octanol–water partition coefficient (Wildman–Crippen LogP) is 3.02. The first-order valence-electron chi connectivity index (χ1n) is 5.47. The quantitative estimate of drug-likeness (QED) is 0.593. The van der Waals surface area contributed by atoms with E-state index in [-0.39, 0.29) is 0 Å². The predicted molar refractivity (Wildman–Crippen MR) is 67.7 cm³/mol. The fraction of sp³-hybridized carbons (Fsp3) is 0.143. The molecule has 0 aliphatic rings. The monoisotopic (exact) mass is 226 g/mol. The topological polar surface area (TPSA) is 34.5 Å². The van der Waals surface area contributed by atoms with Crippen molar-refractivity contribution in [2.24, 2.45) is 5.16 Å². The normalized spacial score (nSPS) is 11.2. The van der Waals surface area contributed by atoms with Gasteiger partial charge in [-0.2, -0.15) is 0 Å². The lowest BCUT2D eigenvalue weighted by molar-refractivity contribution is 0.130. The van der Waals surface area contributed by atoms with Crippen molar-refractivity contribution in [3.8, 4) is 0 Å². The minimum absolute atomic E-state index is 0.489. The Kier molecular flexibility index (Phi) is 3.86. The lowest BCUT2D eigenvalue weighted by Gasteiger charge is -2.02. The minimum Gasteiger partial charge on any atom is -0.391 e. The van der Waals surface area contributed by atoms with Crippen LogP contribution in [0.3, 0.4) is 0 Å². The van der Waals surface area contributed by atoms with Crippen molar-refractivity contribution in [1.29, 1.82) is 0 Å². The Morgan fingerprint density at radius 1 is 1.12 bits per heavy atom. The van der Waals surface area contributed by atoms with Gasteiger partial charge in [-0.05, 0) is 24.6 Å². The Labute approximate surface area is 101 Å². The number of rotatable bonds is 4. The Morgan fingerprint density at radius 3 is 2.53 bits per heavy atom. The molecule has 0 fully saturated rings. The number of oxime groups is 1. The molecule has 3 heteroatoms. The van der Waals surface area contributed by atoms with Gasteiger partial charge in [-0.3, -0.25) is 4.98 Å². The first kappa shape index (κ1) is 11.3. The maximum absolute atomic E-state index is 5.30. The van der Waals surface area contributed by atoms with Crippen LogP contribution in [-0.4, -0.2) is 10.7 Å². The number of hydrogen-bond acceptors (Lipinski definition) is 3. The zero-order valence-corrected chi connectivity index (χ0v) is 9.71. The van der Waals surface area contributed by atoms with Crippen LogP contribution in [0.5, 0.6) is 0 Å². The van der Waals surface area contributed by atoms with E-state index in [2.05, 4.69) is 10.1 Å². The second-order valence-electron chi connectivity index (χ2n) is 3.67. The van der Waals surface area contributed by atoms with E-state index in [1.165, 1.54) is 0 Å². The lowest BCUT2D eigenvalue weighted by Crippen LogP contribution is -1.96. The van der Waals surface area contributed by atoms with Crippen LogP contribution in [0.4, 0.5) is 0 Å². The zero-order chi connectivity index (χ0) is 11.9. The molecule has 0 spiro atoms. The van der Waals surface area contributed by atoms with Crippen LogP contribution < -0.4 is 0 Å². The summed E-state index contributed by atoms with van der Waals surface area (Å²) in [6, 6.07) is 13.8. The molecule has 0 bridgehead atoms. The van der Waals surface area contributed by atoms with Gasteiger partial charge >= 0.3 is 0 Å². The van der Waals surface area contributed by atoms with Crippen molar-refractivity contribution in [1.82, 2.24) is 4.98 Å². The molecule has 0 aliphatic carbocycles. The number of aromatic nitrogens is 1. The van der Waals surface area contributed by atoms with Crippen LogP contribution in [0.25, 0.3) is 0 Å². The molecule has 0 amide bonds. The molecule has 2 aromatic rings. The van der Waals surface area contributed by atoms with Crippen LogP contribution in [-0.2, 0) is 11.4 Å². The molecular formula is C14H14N2O. The van der Waals surface area contributed by atoms with Crippen LogP contribution in [0.15, 0.2) is 60.0 Å². The van der Waals surface area contributed by atoms with E-state index in [0.29, 0.717) is 6.61 Å². The fourth-order valence-corrected chi connectivity index (χ4v) is 1.42. The molecule has 3 nitrogen and oxygen atoms in total. The summed E-state index contributed by atoms with van der Waals surface area (Å²) >= 11 is 0. The number of nitrogens with zero attached hydrogens (tertiary/aromatic N) is 2. The van der Waals surface area contributed by atoms with E-state index < -0.39 is 0 Å². The van der Waals surface area contributed by atoms with E-state index in [1.807, 2.05) is 49.4 Å². The highest BCUT2D eigenvalue weighted by atomic mass is 16.6. The smallest absolute Gasteiger partial charge is 0.142 e. The van der Waals surface area contributed by atoms with E-state index in [1.54, 1.807) is 12.4 Å². The van der Waals surface area contributed by atoms with Gasteiger partial charge in [0.2, 0.25) is 0 Å². The van der Waals surface area contributed by atoms with Crippen LogP contribution in [0.2, 0.25) is 0 Å². The molecule has 17 heavy (non-hydrogen) atoms. The van der Waals surface area contributed by atoms with Gasteiger partial charge in [-0.15, -0.1) is 0 Å². The summed E-state index contributed by atoms with van der Waals surface area (Å²) in [6.07, 6.45) is 3.48. The highest BCUT2D eigenvalue weighted by Crippen LogP contribution is 2.03. The van der Waals surface area contributed by atoms with Gasteiger partial charge in [0.1, 0.15) is 6.61 Å². The standard InChI is InChI=1S/C14H14N2O/c1-12(14-7-9-15-10-8-14)16-17-11-13-5-3-2-4-6-13/h2-10H,11H2,1H3. The van der Waals surface area contributed by atoms with E-state index >= 15 is 0 Å². The van der Waals surface area contributed by atoms with Gasteiger partial charge < -0.3 is 4.84 Å². The molecular weight excluding hydrogens is 212 g/mol. The Balaban J connectivity index is 1.93. The van der Waals surface area contributed by atoms with Gasteiger partial charge in [0.15, 0.2) is 0 Å². The minimum atomic E-state index is 0.489. The Bertz CT molecular complexity index is 480. The van der Waals surface area contributed by atoms with E-state index in [0.717, 1.165) is 16.8 Å². The largest absolute Gasteiger partial charge is 0.391 e. The maximum Gasteiger partial charge on any atom is 0.142 e. The summed E-state index contributed by atoms with van der Waals surface area (Å²) in [5, 5.41) is 4.08. The van der Waals surface area contributed by atoms with Crippen molar-refractivity contribution in [2.75, 3.05) is 0 Å². The highest BCUT2D eigenvalue weighted by Gasteiger charge is 1.96. The summed E-state index contributed by atoms with van der Waals surface area (Å²) in [7, 11) is 0. The van der Waals surface area contributed by atoms with E-state index in [4.69, 9.17) is 4.84 Å². The number of hydrogen-bond donors (Lipinski definition) is 0. The summed E-state index contributed by atoms with van der Waals surface area (Å²) in [5.41, 5.74) is 2.98. The molecule has 0 N–H and O–H groups in total. The maximum atomic E-state index is 5.30. The molecule has 2 rings (SSSR count). The Hall–Kier alpha value is -2.16. The van der Waals surface area contributed by atoms with Gasteiger partial charge in [0.25, 0.3) is 0 Å². The molecule has 0 unspecified atom stereocenters. The van der Waals surface area contributed by atoms with Gasteiger partial charge in [-0.1, -0.05) is 35.5 Å². The fourth-order valence-electron chi connectivity index (χ4n) is 1.42. The van der Waals surface area contributed by atoms with Gasteiger partial charge in [0.05, 0.1) is 5.71 Å². The molecule has 0 radical (unpaired) electrons. The van der Waals surface area contributed by atoms with Gasteiger partial charge in [0, 0.05) is 18.0 Å². The average molecular weight is 226 g/mol. The zero-order valence-electron chi connectivity index (χ0n) is 9.71. The van der Waals surface area contributed by atoms with Crippen molar-refractivity contribution < 1.29 is 4.84 Å².